The highest BCUT2D eigenvalue weighted by molar-refractivity contribution is 8.31. The van der Waals surface area contributed by atoms with Crippen LogP contribution in [-0.4, -0.2) is 37.7 Å². The molecule has 11 heteroatoms. The fraction of sp³-hybridized carbons (Fsp3) is 0.306. The molecule has 0 saturated carbocycles. The Bertz CT molecular complexity index is 1750. The number of nitrogens with zero attached hydrogens (tertiary/aromatic N) is 4. The number of aryl methyl sites for hydroxylation is 1. The highest BCUT2D eigenvalue weighted by Gasteiger charge is 2.43. The van der Waals surface area contributed by atoms with Crippen molar-refractivity contribution in [1.82, 2.24) is 19.7 Å². The van der Waals surface area contributed by atoms with Gasteiger partial charge < -0.3 is 14.2 Å². The number of nitrogens with one attached hydrogen (secondary N) is 1. The molecule has 3 aromatic carbocycles. The molecule has 47 heavy (non-hydrogen) atoms. The molecule has 0 aliphatic rings. The first-order valence-corrected chi connectivity index (χ1v) is 16.9. The molecule has 0 bridgehead atoms. The lowest BCUT2D eigenvalue weighted by Crippen LogP contribution is -2.32. The lowest BCUT2D eigenvalue weighted by atomic mass is 10.2. The van der Waals surface area contributed by atoms with Gasteiger partial charge in [0.25, 0.3) is 0 Å². The Morgan fingerprint density at radius 2 is 1.53 bits per heavy atom. The van der Waals surface area contributed by atoms with Gasteiger partial charge in [-0.05, 0) is 82.6 Å². The summed E-state index contributed by atoms with van der Waals surface area (Å²) in [7, 11) is -0.732. The average Bonchev–Trinajstić information content (AvgIpc) is 3.44. The minimum Gasteiger partial charge on any atom is -0.497 e. The normalized spacial score (nSPS) is 13.3. The molecular weight excluding hydrogens is 623 g/mol. The molecule has 0 saturated heterocycles. The Labute approximate surface area is 275 Å². The molecule has 2 heterocycles. The third-order valence-electron chi connectivity index (χ3n) is 7.68. The molecule has 7 nitrogen and oxygen atoms in total. The van der Waals surface area contributed by atoms with Crippen molar-refractivity contribution in [3.8, 4) is 11.4 Å². The summed E-state index contributed by atoms with van der Waals surface area (Å²) >= 11 is 0. The van der Waals surface area contributed by atoms with E-state index in [4.69, 9.17) is 19.0 Å². The molecule has 5 aromatic rings. The smallest absolute Gasteiger partial charge is 0.416 e. The van der Waals surface area contributed by atoms with Gasteiger partial charge in [0.1, 0.15) is 11.6 Å². The molecule has 1 N–H and O–H groups in total. The third-order valence-corrected chi connectivity index (χ3v) is 11.8. The van der Waals surface area contributed by atoms with Gasteiger partial charge in [-0.15, -0.1) is 5.10 Å². The maximum Gasteiger partial charge on any atom is 0.416 e. The first kappa shape index (κ1) is 34.0. The van der Waals surface area contributed by atoms with Crippen molar-refractivity contribution in [2.24, 2.45) is 0 Å². The second-order valence-corrected chi connectivity index (χ2v) is 15.6. The van der Waals surface area contributed by atoms with Crippen molar-refractivity contribution in [2.75, 3.05) is 12.4 Å². The van der Waals surface area contributed by atoms with Gasteiger partial charge in [0.05, 0.1) is 24.5 Å². The standard InChI is InChI=1S/C36H40F3N5O2S/c1-7-29(46-47(35(3,4)5,31-14-10-8-11-15-31)32-16-12-9-13-17-32)24-33-42-34(43-44(33)28-18-19-40-25(2)20-28)41-27-21-26(36(37,38)39)22-30(23-27)45-6/h8-23,29H,7,24H2,1-6H3,(H,41,43). The lowest BCUT2D eigenvalue weighted by molar-refractivity contribution is -0.137. The number of pyridine rings is 1. The Hall–Kier alpha value is -4.35. The number of hydrogen-bond donors (Lipinski definition) is 1. The van der Waals surface area contributed by atoms with E-state index in [1.807, 2.05) is 55.5 Å². The number of ether oxygens (including phenoxy) is 1. The van der Waals surface area contributed by atoms with Gasteiger partial charge in [-0.2, -0.15) is 18.2 Å². The number of hydrogen-bond acceptors (Lipinski definition) is 6. The lowest BCUT2D eigenvalue weighted by Gasteiger charge is -2.52. The van der Waals surface area contributed by atoms with Crippen LogP contribution in [0.3, 0.4) is 0 Å². The molecule has 248 valence electrons. The third kappa shape index (κ3) is 7.47. The maximum absolute atomic E-state index is 13.7. The summed E-state index contributed by atoms with van der Waals surface area (Å²) in [4.78, 5) is 11.4. The second-order valence-electron chi connectivity index (χ2n) is 12.1. The number of methoxy groups -OCH3 is 1. The van der Waals surface area contributed by atoms with Crippen molar-refractivity contribution >= 4 is 21.9 Å². The summed E-state index contributed by atoms with van der Waals surface area (Å²) in [5.74, 6) is 0.799. The predicted molar refractivity (Wildman–Crippen MR) is 181 cm³/mol. The van der Waals surface area contributed by atoms with Gasteiger partial charge >= 0.3 is 6.18 Å². The topological polar surface area (TPSA) is 74.1 Å². The fourth-order valence-corrected chi connectivity index (χ4v) is 9.35. The quantitative estimate of drug-likeness (QED) is 0.152. The monoisotopic (exact) mass is 663 g/mol. The van der Waals surface area contributed by atoms with E-state index in [-0.39, 0.29) is 28.2 Å². The SMILES string of the molecule is CCC(Cc1nc(Nc2cc(OC)cc(C(F)(F)F)c2)nn1-c1ccnc(C)c1)OS(c1ccccc1)(c1ccccc1)C(C)(C)C. The molecule has 0 fully saturated rings. The summed E-state index contributed by atoms with van der Waals surface area (Å²) in [6, 6.07) is 27.9. The minimum atomic E-state index is -4.55. The summed E-state index contributed by atoms with van der Waals surface area (Å²) < 4.78 is 54.9. The number of halogens is 3. The zero-order chi connectivity index (χ0) is 33.8. The number of anilines is 2. The van der Waals surface area contributed by atoms with E-state index in [0.29, 0.717) is 18.7 Å². The van der Waals surface area contributed by atoms with Gasteiger partial charge in [0, 0.05) is 44.6 Å². The van der Waals surface area contributed by atoms with Gasteiger partial charge in [0.2, 0.25) is 5.95 Å². The van der Waals surface area contributed by atoms with E-state index in [1.54, 1.807) is 10.9 Å². The van der Waals surface area contributed by atoms with Gasteiger partial charge in [-0.1, -0.05) is 53.6 Å². The van der Waals surface area contributed by atoms with Gasteiger partial charge in [-0.3, -0.25) is 4.98 Å². The van der Waals surface area contributed by atoms with Crippen LogP contribution in [0.2, 0.25) is 0 Å². The van der Waals surface area contributed by atoms with Crippen LogP contribution < -0.4 is 10.1 Å². The van der Waals surface area contributed by atoms with E-state index in [2.05, 4.69) is 62.3 Å². The van der Waals surface area contributed by atoms with Crippen molar-refractivity contribution in [1.29, 1.82) is 0 Å². The Morgan fingerprint density at radius 1 is 0.894 bits per heavy atom. The Morgan fingerprint density at radius 3 is 2.06 bits per heavy atom. The van der Waals surface area contributed by atoms with Gasteiger partial charge in [0.15, 0.2) is 0 Å². The highest BCUT2D eigenvalue weighted by Crippen LogP contribution is 2.72. The summed E-state index contributed by atoms with van der Waals surface area (Å²) in [5.41, 5.74) is 0.823. The number of alkyl halides is 3. The van der Waals surface area contributed by atoms with Crippen LogP contribution in [-0.2, 0) is 16.8 Å². The summed E-state index contributed by atoms with van der Waals surface area (Å²) in [6.07, 6.45) is -2.07. The molecule has 1 atom stereocenters. The molecule has 0 aliphatic heterocycles. The zero-order valence-corrected chi connectivity index (χ0v) is 28.2. The molecule has 0 spiro atoms. The molecular formula is C36H40F3N5O2S. The first-order valence-electron chi connectivity index (χ1n) is 15.4. The largest absolute Gasteiger partial charge is 0.497 e. The predicted octanol–water partition coefficient (Wildman–Crippen LogP) is 9.72. The number of aromatic nitrogens is 4. The highest BCUT2D eigenvalue weighted by atomic mass is 32.3. The Balaban J connectivity index is 1.58. The maximum atomic E-state index is 13.7. The van der Waals surface area contributed by atoms with Crippen molar-refractivity contribution in [3.05, 3.63) is 114 Å². The van der Waals surface area contributed by atoms with Crippen LogP contribution in [0.1, 0.15) is 51.2 Å². The zero-order valence-electron chi connectivity index (χ0n) is 27.4. The molecule has 1 unspecified atom stereocenters. The Kier molecular flexibility index (Phi) is 9.97. The fourth-order valence-electron chi connectivity index (χ4n) is 5.46. The second kappa shape index (κ2) is 13.8. The molecule has 0 radical (unpaired) electrons. The molecule has 2 aromatic heterocycles. The van der Waals surface area contributed by atoms with E-state index < -0.39 is 22.0 Å². The van der Waals surface area contributed by atoms with Crippen LogP contribution in [0.5, 0.6) is 5.75 Å². The van der Waals surface area contributed by atoms with Crippen LogP contribution >= 0.6 is 10.3 Å². The van der Waals surface area contributed by atoms with E-state index >= 15 is 0 Å². The summed E-state index contributed by atoms with van der Waals surface area (Å²) in [6.45, 7) is 10.6. The molecule has 5 rings (SSSR count). The summed E-state index contributed by atoms with van der Waals surface area (Å²) in [5, 5.41) is 7.69. The molecule has 0 aliphatic carbocycles. The van der Waals surface area contributed by atoms with Crippen LogP contribution in [0, 0.1) is 6.92 Å². The average molecular weight is 664 g/mol. The van der Waals surface area contributed by atoms with E-state index in [1.165, 1.54) is 13.2 Å². The number of benzene rings is 3. The van der Waals surface area contributed by atoms with E-state index in [0.717, 1.165) is 33.3 Å². The van der Waals surface area contributed by atoms with Crippen LogP contribution in [0.4, 0.5) is 24.8 Å². The first-order chi connectivity index (χ1) is 22.3. The van der Waals surface area contributed by atoms with Gasteiger partial charge in [-0.25, -0.2) is 4.68 Å². The molecule has 0 amide bonds. The van der Waals surface area contributed by atoms with Crippen LogP contribution in [0.15, 0.2) is 107 Å². The van der Waals surface area contributed by atoms with Crippen molar-refractivity contribution in [2.45, 2.75) is 74.3 Å². The van der Waals surface area contributed by atoms with E-state index in [9.17, 15) is 13.2 Å². The number of rotatable bonds is 11. The van der Waals surface area contributed by atoms with Crippen molar-refractivity contribution in [3.63, 3.8) is 0 Å². The van der Waals surface area contributed by atoms with Crippen LogP contribution in [0.25, 0.3) is 5.69 Å². The minimum absolute atomic E-state index is 0.0644. The van der Waals surface area contributed by atoms with Crippen molar-refractivity contribution < 1.29 is 22.1 Å².